The van der Waals surface area contributed by atoms with Crippen LogP contribution in [-0.4, -0.2) is 21.9 Å². The summed E-state index contributed by atoms with van der Waals surface area (Å²) in [5.74, 6) is -0.227. The van der Waals surface area contributed by atoms with Crippen LogP contribution in [-0.2, 0) is 6.42 Å². The lowest BCUT2D eigenvalue weighted by Gasteiger charge is -2.13. The third-order valence-electron chi connectivity index (χ3n) is 2.56. The first-order valence-corrected chi connectivity index (χ1v) is 7.20. The van der Waals surface area contributed by atoms with Crippen LogP contribution in [0.15, 0.2) is 22.9 Å². The van der Waals surface area contributed by atoms with Gasteiger partial charge in [0.2, 0.25) is 5.28 Å². The van der Waals surface area contributed by atoms with Crippen LogP contribution in [0.25, 0.3) is 0 Å². The summed E-state index contributed by atoms with van der Waals surface area (Å²) in [7, 11) is 0. The van der Waals surface area contributed by atoms with E-state index in [0.717, 1.165) is 6.42 Å². The lowest BCUT2D eigenvalue weighted by atomic mass is 10.1. The van der Waals surface area contributed by atoms with Crippen molar-refractivity contribution in [3.05, 3.63) is 45.1 Å². The minimum Gasteiger partial charge on any atom is -0.348 e. The van der Waals surface area contributed by atoms with Gasteiger partial charge < -0.3 is 5.32 Å². The number of aromatic nitrogens is 2. The van der Waals surface area contributed by atoms with E-state index in [1.165, 1.54) is 5.56 Å². The fourth-order valence-electron chi connectivity index (χ4n) is 1.76. The number of aryl methyl sites for hydroxylation is 1. The summed E-state index contributed by atoms with van der Waals surface area (Å²) in [5.41, 5.74) is 2.19. The lowest BCUT2D eigenvalue weighted by Crippen LogP contribution is -2.34. The topological polar surface area (TPSA) is 54.9 Å². The molecule has 0 fully saturated rings. The van der Waals surface area contributed by atoms with Gasteiger partial charge in [0, 0.05) is 11.7 Å². The summed E-state index contributed by atoms with van der Waals surface area (Å²) in [6.07, 6.45) is 0.799. The number of hydrogen-bond acceptors (Lipinski definition) is 4. The molecule has 0 spiro atoms. The number of hydrogen-bond donors (Lipinski definition) is 1. The van der Waals surface area contributed by atoms with Crippen LogP contribution < -0.4 is 5.32 Å². The highest BCUT2D eigenvalue weighted by Crippen LogP contribution is 2.09. The first-order valence-electron chi connectivity index (χ1n) is 5.87. The second-order valence-electron chi connectivity index (χ2n) is 4.37. The van der Waals surface area contributed by atoms with Crippen LogP contribution in [0.1, 0.15) is 28.7 Å². The van der Waals surface area contributed by atoms with Crippen LogP contribution in [0.5, 0.6) is 0 Å². The van der Waals surface area contributed by atoms with E-state index >= 15 is 0 Å². The zero-order valence-electron chi connectivity index (χ0n) is 10.7. The van der Waals surface area contributed by atoms with E-state index in [2.05, 4.69) is 26.7 Å². The Kier molecular flexibility index (Phi) is 4.50. The molecule has 2 heterocycles. The minimum atomic E-state index is -0.227. The van der Waals surface area contributed by atoms with Gasteiger partial charge in [-0.25, -0.2) is 9.97 Å². The molecular weight excluding hydrogens is 282 g/mol. The Morgan fingerprint density at radius 3 is 2.95 bits per heavy atom. The molecule has 2 rings (SSSR count). The highest BCUT2D eigenvalue weighted by molar-refractivity contribution is 7.07. The maximum atomic E-state index is 12.0. The predicted molar refractivity (Wildman–Crippen MR) is 76.7 cm³/mol. The molecule has 6 heteroatoms. The van der Waals surface area contributed by atoms with Crippen molar-refractivity contribution in [2.75, 3.05) is 0 Å². The van der Waals surface area contributed by atoms with Crippen LogP contribution in [0.4, 0.5) is 0 Å². The molecule has 0 radical (unpaired) electrons. The molecule has 1 unspecified atom stereocenters. The minimum absolute atomic E-state index is 0.0381. The summed E-state index contributed by atoms with van der Waals surface area (Å²) >= 11 is 7.40. The lowest BCUT2D eigenvalue weighted by molar-refractivity contribution is 0.0935. The van der Waals surface area contributed by atoms with Crippen molar-refractivity contribution in [2.24, 2.45) is 0 Å². The van der Waals surface area contributed by atoms with Gasteiger partial charge in [0.1, 0.15) is 5.69 Å². The Labute approximate surface area is 120 Å². The van der Waals surface area contributed by atoms with Crippen LogP contribution in [0.2, 0.25) is 5.28 Å². The Morgan fingerprint density at radius 2 is 2.32 bits per heavy atom. The van der Waals surface area contributed by atoms with Crippen molar-refractivity contribution < 1.29 is 4.79 Å². The number of nitrogens with zero attached hydrogens (tertiary/aromatic N) is 2. The van der Waals surface area contributed by atoms with Gasteiger partial charge in [0.05, 0.1) is 0 Å². The van der Waals surface area contributed by atoms with Crippen molar-refractivity contribution in [1.29, 1.82) is 0 Å². The molecule has 0 saturated carbocycles. The number of carbonyl (C=O) groups is 1. The van der Waals surface area contributed by atoms with E-state index < -0.39 is 0 Å². The molecule has 1 amide bonds. The zero-order valence-corrected chi connectivity index (χ0v) is 12.3. The third-order valence-corrected chi connectivity index (χ3v) is 3.46. The van der Waals surface area contributed by atoms with Gasteiger partial charge in [-0.1, -0.05) is 0 Å². The smallest absolute Gasteiger partial charge is 0.270 e. The van der Waals surface area contributed by atoms with Gasteiger partial charge in [-0.3, -0.25) is 4.79 Å². The van der Waals surface area contributed by atoms with E-state index in [0.29, 0.717) is 11.4 Å². The number of carbonyl (C=O) groups excluding carboxylic acids is 1. The first-order chi connectivity index (χ1) is 9.04. The van der Waals surface area contributed by atoms with E-state index in [1.807, 2.05) is 12.3 Å². The molecule has 2 aromatic heterocycles. The Hall–Kier alpha value is -1.46. The fraction of sp³-hybridized carbons (Fsp3) is 0.308. The van der Waals surface area contributed by atoms with Gasteiger partial charge in [0.15, 0.2) is 0 Å². The Bertz CT molecular complexity index is 551. The maximum Gasteiger partial charge on any atom is 0.270 e. The highest BCUT2D eigenvalue weighted by atomic mass is 35.5. The van der Waals surface area contributed by atoms with Crippen molar-refractivity contribution in [3.8, 4) is 0 Å². The van der Waals surface area contributed by atoms with Crippen LogP contribution >= 0.6 is 22.9 Å². The molecule has 4 nitrogen and oxygen atoms in total. The molecule has 0 saturated heterocycles. The van der Waals surface area contributed by atoms with Crippen LogP contribution in [0, 0.1) is 6.92 Å². The van der Waals surface area contributed by atoms with Gasteiger partial charge in [-0.05, 0) is 60.3 Å². The summed E-state index contributed by atoms with van der Waals surface area (Å²) in [5, 5.41) is 7.10. The largest absolute Gasteiger partial charge is 0.348 e. The number of nitrogens with one attached hydrogen (secondary N) is 1. The number of halogens is 1. The van der Waals surface area contributed by atoms with Crippen molar-refractivity contribution in [2.45, 2.75) is 26.3 Å². The monoisotopic (exact) mass is 295 g/mol. The highest BCUT2D eigenvalue weighted by Gasteiger charge is 2.13. The summed E-state index contributed by atoms with van der Waals surface area (Å²) in [6, 6.07) is 3.72. The zero-order chi connectivity index (χ0) is 13.8. The summed E-state index contributed by atoms with van der Waals surface area (Å²) in [4.78, 5) is 19.9. The number of thiophene rings is 1. The predicted octanol–water partition coefficient (Wildman–Crippen LogP) is 2.86. The Morgan fingerprint density at radius 1 is 1.53 bits per heavy atom. The van der Waals surface area contributed by atoms with Crippen LogP contribution in [0.3, 0.4) is 0 Å². The molecule has 100 valence electrons. The summed E-state index contributed by atoms with van der Waals surface area (Å²) < 4.78 is 0. The van der Waals surface area contributed by atoms with Crippen molar-refractivity contribution in [3.63, 3.8) is 0 Å². The van der Waals surface area contributed by atoms with Gasteiger partial charge >= 0.3 is 0 Å². The molecule has 1 N–H and O–H groups in total. The SMILES string of the molecule is Cc1cc(C(=O)NC(C)Cc2ccsc2)nc(Cl)n1. The number of rotatable bonds is 4. The number of amides is 1. The Balaban J connectivity index is 2.00. The van der Waals surface area contributed by atoms with Crippen molar-refractivity contribution >= 4 is 28.8 Å². The average Bonchev–Trinajstić information content (AvgIpc) is 2.80. The standard InChI is InChI=1S/C13H14ClN3OS/c1-8(5-10-3-4-19-7-10)15-12(18)11-6-9(2)16-13(14)17-11/h3-4,6-8H,5H2,1-2H3,(H,15,18). The van der Waals surface area contributed by atoms with Gasteiger partial charge in [-0.2, -0.15) is 11.3 Å². The molecule has 0 aliphatic rings. The van der Waals surface area contributed by atoms with Gasteiger partial charge in [-0.15, -0.1) is 0 Å². The van der Waals surface area contributed by atoms with E-state index in [-0.39, 0.29) is 17.2 Å². The molecule has 0 bridgehead atoms. The molecule has 0 aliphatic carbocycles. The first kappa shape index (κ1) is 14.0. The molecule has 19 heavy (non-hydrogen) atoms. The molecular formula is C13H14ClN3OS. The second-order valence-corrected chi connectivity index (χ2v) is 5.49. The average molecular weight is 296 g/mol. The van der Waals surface area contributed by atoms with Crippen molar-refractivity contribution in [1.82, 2.24) is 15.3 Å². The molecule has 0 aliphatic heterocycles. The molecule has 2 aromatic rings. The van der Waals surface area contributed by atoms with E-state index in [1.54, 1.807) is 24.3 Å². The van der Waals surface area contributed by atoms with E-state index in [4.69, 9.17) is 11.6 Å². The molecule has 1 atom stereocenters. The molecule has 0 aromatic carbocycles. The normalized spacial score (nSPS) is 12.2. The maximum absolute atomic E-state index is 12.0. The fourth-order valence-corrected chi connectivity index (χ4v) is 2.67. The van der Waals surface area contributed by atoms with Gasteiger partial charge in [0.25, 0.3) is 5.91 Å². The third kappa shape index (κ3) is 4.01. The van der Waals surface area contributed by atoms with E-state index in [9.17, 15) is 4.79 Å². The quantitative estimate of drug-likeness (QED) is 0.883. The second kappa shape index (κ2) is 6.12. The summed E-state index contributed by atoms with van der Waals surface area (Å²) in [6.45, 7) is 3.74.